The maximum atomic E-state index is 11.4. The normalized spacial score (nSPS) is 11.9. The summed E-state index contributed by atoms with van der Waals surface area (Å²) in [4.78, 5) is 0. The van der Waals surface area contributed by atoms with Crippen molar-refractivity contribution in [2.24, 2.45) is 0 Å². The lowest BCUT2D eigenvalue weighted by Crippen LogP contribution is -2.47. The van der Waals surface area contributed by atoms with Crippen molar-refractivity contribution in [1.82, 2.24) is 0 Å². The van der Waals surface area contributed by atoms with Crippen molar-refractivity contribution in [3.05, 3.63) is 0 Å². The van der Waals surface area contributed by atoms with Crippen LogP contribution in [-0.4, -0.2) is 44.8 Å². The van der Waals surface area contributed by atoms with Gasteiger partial charge in [-0.25, -0.2) is 0 Å². The van der Waals surface area contributed by atoms with E-state index < -0.39 is 10.1 Å². The average Bonchev–Trinajstić information content (AvgIpc) is 2.57. The molecule has 0 aliphatic heterocycles. The van der Waals surface area contributed by atoms with Crippen LogP contribution in [0, 0.1) is 0 Å². The Bertz CT molecular complexity index is 326. The van der Waals surface area contributed by atoms with Gasteiger partial charge < -0.3 is 4.48 Å². The first-order chi connectivity index (χ1) is 10.9. The predicted octanol–water partition coefficient (Wildman–Crippen LogP) is 4.85. The van der Waals surface area contributed by atoms with Crippen molar-refractivity contribution >= 4 is 10.1 Å². The van der Waals surface area contributed by atoms with Crippen LogP contribution in [0.3, 0.4) is 0 Å². The third-order valence-electron chi connectivity index (χ3n) is 4.78. The van der Waals surface area contributed by atoms with E-state index in [0.29, 0.717) is 6.42 Å². The van der Waals surface area contributed by atoms with Crippen LogP contribution in [0.4, 0.5) is 4.53 Å². The van der Waals surface area contributed by atoms with E-state index in [9.17, 15) is 12.9 Å². The van der Waals surface area contributed by atoms with Gasteiger partial charge in [0.15, 0.2) is 0 Å². The Morgan fingerprint density at radius 1 is 0.739 bits per heavy atom. The van der Waals surface area contributed by atoms with Crippen LogP contribution in [0.15, 0.2) is 0 Å². The highest BCUT2D eigenvalue weighted by atomic mass is 32.2. The zero-order valence-electron chi connectivity index (χ0n) is 15.9. The predicted molar refractivity (Wildman–Crippen MR) is 96.4 cm³/mol. The van der Waals surface area contributed by atoms with E-state index in [2.05, 4.69) is 39.0 Å². The molecule has 0 saturated heterocycles. The lowest BCUT2D eigenvalue weighted by Gasteiger charge is -2.34. The summed E-state index contributed by atoms with van der Waals surface area (Å²) in [5.74, 6) is -0.211. The van der Waals surface area contributed by atoms with Gasteiger partial charge >= 0.3 is 0 Å². The topological polar surface area (TPSA) is 43.4 Å². The molecule has 0 amide bonds. The molecule has 0 unspecified atom stereocenters. The molecule has 0 saturated carbocycles. The van der Waals surface area contributed by atoms with E-state index in [4.69, 9.17) is 0 Å². The molecule has 0 heterocycles. The van der Waals surface area contributed by atoms with Crippen molar-refractivity contribution in [3.63, 3.8) is 0 Å². The van der Waals surface area contributed by atoms with Gasteiger partial charge in [0, 0.05) is 0 Å². The van der Waals surface area contributed by atoms with E-state index in [-0.39, 0.29) is 5.75 Å². The van der Waals surface area contributed by atoms with Gasteiger partial charge in [-0.15, -0.1) is 0 Å². The molecule has 0 aromatic heterocycles. The zero-order valence-corrected chi connectivity index (χ0v) is 16.8. The Morgan fingerprint density at radius 2 is 1.13 bits per heavy atom. The number of hydrogen-bond acceptors (Lipinski definition) is 3. The summed E-state index contributed by atoms with van der Waals surface area (Å²) in [7, 11) is -3.88. The largest absolute Gasteiger partial charge is 0.325 e. The van der Waals surface area contributed by atoms with Crippen LogP contribution in [0.1, 0.15) is 79.6 Å². The Labute approximate surface area is 144 Å². The first kappa shape index (κ1) is 25.0. The first-order valence-corrected chi connectivity index (χ1v) is 10.8. The number of halogens is 1. The van der Waals surface area contributed by atoms with Crippen LogP contribution < -0.4 is 0 Å². The molecule has 0 bridgehead atoms. The van der Waals surface area contributed by atoms with E-state index in [1.165, 1.54) is 49.9 Å². The lowest BCUT2D eigenvalue weighted by molar-refractivity contribution is -0.921. The van der Waals surface area contributed by atoms with E-state index in [1.807, 2.05) is 0 Å². The molecule has 4 nitrogen and oxygen atoms in total. The monoisotopic (exact) mass is 356 g/mol. The minimum absolute atomic E-state index is 0.211. The van der Waals surface area contributed by atoms with Gasteiger partial charge in [-0.05, 0) is 38.6 Å². The summed E-state index contributed by atoms with van der Waals surface area (Å²) in [6.07, 6.45) is 7.08. The summed E-state index contributed by atoms with van der Waals surface area (Å²) in [5, 5.41) is 0. The number of hydrogen-bond donors (Lipinski definition) is 0. The number of nitrogens with zero attached hydrogens (tertiary/aromatic N) is 1. The zero-order chi connectivity index (χ0) is 18.2. The Kier molecular flexibility index (Phi) is 16.7. The summed E-state index contributed by atoms with van der Waals surface area (Å²) in [5.41, 5.74) is 0. The lowest BCUT2D eigenvalue weighted by atomic mass is 10.1. The highest BCUT2D eigenvalue weighted by molar-refractivity contribution is 7.86. The summed E-state index contributed by atoms with van der Waals surface area (Å²) >= 11 is 0. The van der Waals surface area contributed by atoms with Gasteiger partial charge in [0.1, 0.15) is 0 Å². The molecule has 0 radical (unpaired) electrons. The smallest absolute Gasteiger partial charge is 0.297 e. The minimum atomic E-state index is -3.88. The molecule has 23 heavy (non-hydrogen) atoms. The fraction of sp³-hybridized carbons (Fsp3) is 1.00. The highest BCUT2D eigenvalue weighted by Gasteiger charge is 2.16. The van der Waals surface area contributed by atoms with Gasteiger partial charge in [0.2, 0.25) is 0 Å². The van der Waals surface area contributed by atoms with Gasteiger partial charge in [-0.3, -0.25) is 0 Å². The molecule has 0 aliphatic rings. The summed E-state index contributed by atoms with van der Waals surface area (Å²) in [6, 6.07) is 0. The molecule has 0 fully saturated rings. The number of rotatable bonds is 13. The number of quaternary nitrogens is 1. The third-order valence-corrected chi connectivity index (χ3v) is 5.76. The molecule has 0 aromatic rings. The molecule has 0 rings (SSSR count). The molecule has 0 aromatic carbocycles. The van der Waals surface area contributed by atoms with E-state index >= 15 is 0 Å². The molecular weight excluding hydrogens is 317 g/mol. The van der Waals surface area contributed by atoms with Crippen LogP contribution in [0.5, 0.6) is 0 Å². The molecule has 0 aliphatic carbocycles. The van der Waals surface area contributed by atoms with Crippen molar-refractivity contribution < 1.29 is 21.8 Å². The van der Waals surface area contributed by atoms with E-state index in [1.54, 1.807) is 0 Å². The standard InChI is InChI=1S/C9H19FO3S.C8H20N/c1-2-3-4-5-6-7-8-9-14(11,12)13-10;1-5-9(6-2,7-3)8-4/h2-9H2,1H3;5-8H2,1-4H3/q;+1. The minimum Gasteiger partial charge on any atom is -0.325 e. The van der Waals surface area contributed by atoms with Gasteiger partial charge in [-0.2, -0.15) is 8.42 Å². The molecular formula is C17H39FNO3S+. The second kappa shape index (κ2) is 15.3. The fourth-order valence-corrected chi connectivity index (χ4v) is 3.23. The van der Waals surface area contributed by atoms with Crippen LogP contribution in [0.2, 0.25) is 0 Å². The molecule has 142 valence electrons. The van der Waals surface area contributed by atoms with Crippen molar-refractivity contribution in [3.8, 4) is 0 Å². The van der Waals surface area contributed by atoms with Gasteiger partial charge in [0.05, 0.1) is 31.9 Å². The van der Waals surface area contributed by atoms with Crippen LogP contribution >= 0.6 is 0 Å². The summed E-state index contributed by atoms with van der Waals surface area (Å²) in [6.45, 7) is 16.4. The van der Waals surface area contributed by atoms with Gasteiger partial charge in [0.25, 0.3) is 10.1 Å². The maximum Gasteiger partial charge on any atom is 0.297 e. The molecule has 6 heteroatoms. The quantitative estimate of drug-likeness (QED) is 0.350. The van der Waals surface area contributed by atoms with E-state index in [0.717, 1.165) is 19.3 Å². The number of unbranched alkanes of at least 4 members (excludes halogenated alkanes) is 6. The second-order valence-corrected chi connectivity index (χ2v) is 7.70. The van der Waals surface area contributed by atoms with Crippen molar-refractivity contribution in [1.29, 1.82) is 0 Å². The highest BCUT2D eigenvalue weighted by Crippen LogP contribution is 2.08. The molecule has 0 atom stereocenters. The first-order valence-electron chi connectivity index (χ1n) is 9.24. The van der Waals surface area contributed by atoms with Crippen LogP contribution in [0.25, 0.3) is 0 Å². The average molecular weight is 357 g/mol. The SMILES string of the molecule is CCCCCCCCCS(=O)(=O)OF.CC[N+](CC)(CC)CC. The van der Waals surface area contributed by atoms with Crippen LogP contribution in [-0.2, 0) is 14.5 Å². The van der Waals surface area contributed by atoms with Gasteiger partial charge in [-0.1, -0.05) is 49.8 Å². The Balaban J connectivity index is 0. The summed E-state index contributed by atoms with van der Waals surface area (Å²) < 4.78 is 36.6. The second-order valence-electron chi connectivity index (χ2n) is 6.05. The van der Waals surface area contributed by atoms with Crippen molar-refractivity contribution in [2.45, 2.75) is 79.6 Å². The maximum absolute atomic E-state index is 11.4. The third kappa shape index (κ3) is 13.9. The Hall–Kier alpha value is -0.200. The fourth-order valence-electron chi connectivity index (χ4n) is 2.61. The van der Waals surface area contributed by atoms with Crippen molar-refractivity contribution in [2.75, 3.05) is 31.9 Å². The Morgan fingerprint density at radius 3 is 1.43 bits per heavy atom. The molecule has 0 spiro atoms. The molecule has 0 N–H and O–H groups in total.